The lowest BCUT2D eigenvalue weighted by atomic mass is 10.1. The molecule has 0 unspecified atom stereocenters. The van der Waals surface area contributed by atoms with Gasteiger partial charge in [-0.3, -0.25) is 9.69 Å². The molecule has 1 aliphatic heterocycles. The maximum atomic E-state index is 12.3. The molecule has 1 aromatic heterocycles. The normalized spacial score (nSPS) is 16.5. The number of hydrogen-bond donors (Lipinski definition) is 1. The van der Waals surface area contributed by atoms with E-state index in [2.05, 4.69) is 42.8 Å². The molecule has 1 N–H and O–H groups in total. The average molecular weight is 315 g/mol. The number of H-pyrrole nitrogens is 1. The minimum atomic E-state index is 0.114. The SMILES string of the molecule is CC(C)=CCC/C(C)=C/CN1CCN(C(=O)c2ccc[nH]2)CC1. The molecule has 0 radical (unpaired) electrons. The van der Waals surface area contributed by atoms with Crippen molar-refractivity contribution in [3.8, 4) is 0 Å². The molecular weight excluding hydrogens is 286 g/mol. The van der Waals surface area contributed by atoms with Crippen LogP contribution in [0.15, 0.2) is 41.6 Å². The summed E-state index contributed by atoms with van der Waals surface area (Å²) in [6.45, 7) is 11.0. The molecule has 2 heterocycles. The van der Waals surface area contributed by atoms with E-state index in [1.807, 2.05) is 17.0 Å². The van der Waals surface area contributed by atoms with E-state index in [1.54, 1.807) is 6.20 Å². The van der Waals surface area contributed by atoms with Gasteiger partial charge in [0.2, 0.25) is 0 Å². The molecule has 0 spiro atoms. The predicted molar refractivity (Wildman–Crippen MR) is 95.6 cm³/mol. The zero-order chi connectivity index (χ0) is 16.7. The number of allylic oxidation sites excluding steroid dienone is 3. The van der Waals surface area contributed by atoms with Crippen LogP contribution < -0.4 is 0 Å². The van der Waals surface area contributed by atoms with Gasteiger partial charge < -0.3 is 9.88 Å². The molecule has 0 saturated carbocycles. The molecule has 23 heavy (non-hydrogen) atoms. The summed E-state index contributed by atoms with van der Waals surface area (Å²) >= 11 is 0. The van der Waals surface area contributed by atoms with Crippen molar-refractivity contribution in [2.45, 2.75) is 33.6 Å². The summed E-state index contributed by atoms with van der Waals surface area (Å²) in [5, 5.41) is 0. The van der Waals surface area contributed by atoms with Crippen molar-refractivity contribution in [2.75, 3.05) is 32.7 Å². The summed E-state index contributed by atoms with van der Waals surface area (Å²) in [6.07, 6.45) is 8.69. The Morgan fingerprint density at radius 3 is 2.52 bits per heavy atom. The molecule has 0 bridgehead atoms. The van der Waals surface area contributed by atoms with E-state index in [0.717, 1.165) is 45.6 Å². The summed E-state index contributed by atoms with van der Waals surface area (Å²) in [6, 6.07) is 3.71. The second-order valence-electron chi connectivity index (χ2n) is 6.55. The minimum Gasteiger partial charge on any atom is -0.357 e. The monoisotopic (exact) mass is 315 g/mol. The van der Waals surface area contributed by atoms with Gasteiger partial charge in [0.25, 0.3) is 5.91 Å². The smallest absolute Gasteiger partial charge is 0.270 e. The van der Waals surface area contributed by atoms with Crippen molar-refractivity contribution < 1.29 is 4.79 Å². The molecule has 1 fully saturated rings. The maximum Gasteiger partial charge on any atom is 0.270 e. The lowest BCUT2D eigenvalue weighted by molar-refractivity contribution is 0.0645. The fourth-order valence-corrected chi connectivity index (χ4v) is 2.74. The first-order valence-electron chi connectivity index (χ1n) is 8.50. The van der Waals surface area contributed by atoms with E-state index in [-0.39, 0.29) is 5.91 Å². The Hall–Kier alpha value is -1.81. The summed E-state index contributed by atoms with van der Waals surface area (Å²) < 4.78 is 0. The largest absolute Gasteiger partial charge is 0.357 e. The van der Waals surface area contributed by atoms with Crippen molar-refractivity contribution in [1.29, 1.82) is 0 Å². The summed E-state index contributed by atoms with van der Waals surface area (Å²) in [7, 11) is 0. The number of aromatic nitrogens is 1. The number of rotatable bonds is 6. The van der Waals surface area contributed by atoms with Crippen molar-refractivity contribution in [2.24, 2.45) is 0 Å². The second-order valence-corrected chi connectivity index (χ2v) is 6.55. The highest BCUT2D eigenvalue weighted by Crippen LogP contribution is 2.10. The van der Waals surface area contributed by atoms with Gasteiger partial charge in [-0.05, 0) is 45.7 Å². The molecule has 2 rings (SSSR count). The first-order chi connectivity index (χ1) is 11.1. The second kappa shape index (κ2) is 8.73. The van der Waals surface area contributed by atoms with Gasteiger partial charge in [0.15, 0.2) is 0 Å². The Kier molecular flexibility index (Phi) is 6.66. The number of nitrogens with zero attached hydrogens (tertiary/aromatic N) is 2. The van der Waals surface area contributed by atoms with Crippen molar-refractivity contribution in [1.82, 2.24) is 14.8 Å². The van der Waals surface area contributed by atoms with E-state index < -0.39 is 0 Å². The molecule has 126 valence electrons. The maximum absolute atomic E-state index is 12.3. The molecule has 4 heteroatoms. The highest BCUT2D eigenvalue weighted by Gasteiger charge is 2.21. The Morgan fingerprint density at radius 1 is 1.17 bits per heavy atom. The first kappa shape index (κ1) is 17.5. The molecule has 4 nitrogen and oxygen atoms in total. The van der Waals surface area contributed by atoms with Gasteiger partial charge in [0.1, 0.15) is 5.69 Å². The molecule has 1 saturated heterocycles. The van der Waals surface area contributed by atoms with Crippen LogP contribution in [0.4, 0.5) is 0 Å². The van der Waals surface area contributed by atoms with Gasteiger partial charge in [0.05, 0.1) is 0 Å². The van der Waals surface area contributed by atoms with Gasteiger partial charge in [0, 0.05) is 38.9 Å². The molecule has 1 amide bonds. The van der Waals surface area contributed by atoms with Crippen LogP contribution in [0.25, 0.3) is 0 Å². The minimum absolute atomic E-state index is 0.114. The number of aromatic amines is 1. The van der Waals surface area contributed by atoms with Crippen LogP contribution in [0.5, 0.6) is 0 Å². The van der Waals surface area contributed by atoms with E-state index in [9.17, 15) is 4.79 Å². The molecular formula is C19H29N3O. The number of carbonyl (C=O) groups is 1. The molecule has 0 atom stereocenters. The van der Waals surface area contributed by atoms with Crippen LogP contribution in [-0.4, -0.2) is 53.4 Å². The van der Waals surface area contributed by atoms with Crippen molar-refractivity contribution >= 4 is 5.91 Å². The van der Waals surface area contributed by atoms with Crippen molar-refractivity contribution in [3.63, 3.8) is 0 Å². The molecule has 1 aromatic rings. The average Bonchev–Trinajstić information content (AvgIpc) is 3.07. The quantitative estimate of drug-likeness (QED) is 0.817. The number of carbonyl (C=O) groups excluding carboxylic acids is 1. The topological polar surface area (TPSA) is 39.3 Å². The van der Waals surface area contributed by atoms with Crippen LogP contribution in [0.1, 0.15) is 44.1 Å². The van der Waals surface area contributed by atoms with E-state index in [4.69, 9.17) is 0 Å². The fraction of sp³-hybridized carbons (Fsp3) is 0.526. The third-order valence-electron chi connectivity index (χ3n) is 4.28. The van der Waals surface area contributed by atoms with Crippen LogP contribution >= 0.6 is 0 Å². The van der Waals surface area contributed by atoms with Gasteiger partial charge in [-0.25, -0.2) is 0 Å². The van der Waals surface area contributed by atoms with Crippen LogP contribution in [-0.2, 0) is 0 Å². The van der Waals surface area contributed by atoms with Crippen LogP contribution in [0, 0.1) is 0 Å². The first-order valence-corrected chi connectivity index (χ1v) is 8.50. The summed E-state index contributed by atoms with van der Waals surface area (Å²) in [5.74, 6) is 0.114. The zero-order valence-corrected chi connectivity index (χ0v) is 14.6. The highest BCUT2D eigenvalue weighted by atomic mass is 16.2. The van der Waals surface area contributed by atoms with Gasteiger partial charge in [-0.2, -0.15) is 0 Å². The van der Waals surface area contributed by atoms with Gasteiger partial charge >= 0.3 is 0 Å². The number of amides is 1. The van der Waals surface area contributed by atoms with Gasteiger partial charge in [-0.15, -0.1) is 0 Å². The third kappa shape index (κ3) is 5.71. The Bertz CT molecular complexity index is 545. The predicted octanol–water partition coefficient (Wildman–Crippen LogP) is 3.47. The number of nitrogens with one attached hydrogen (secondary N) is 1. The molecule has 0 aromatic carbocycles. The zero-order valence-electron chi connectivity index (χ0n) is 14.6. The van der Waals surface area contributed by atoms with E-state index in [1.165, 1.54) is 11.1 Å². The fourth-order valence-electron chi connectivity index (χ4n) is 2.74. The van der Waals surface area contributed by atoms with E-state index >= 15 is 0 Å². The number of hydrogen-bond acceptors (Lipinski definition) is 2. The lowest BCUT2D eigenvalue weighted by Gasteiger charge is -2.34. The highest BCUT2D eigenvalue weighted by molar-refractivity contribution is 5.92. The summed E-state index contributed by atoms with van der Waals surface area (Å²) in [4.78, 5) is 19.6. The summed E-state index contributed by atoms with van der Waals surface area (Å²) in [5.41, 5.74) is 3.53. The molecule has 0 aliphatic carbocycles. The Balaban J connectivity index is 1.72. The van der Waals surface area contributed by atoms with Gasteiger partial charge in [-0.1, -0.05) is 23.3 Å². The van der Waals surface area contributed by atoms with Crippen LogP contribution in [0.3, 0.4) is 0 Å². The van der Waals surface area contributed by atoms with Crippen LogP contribution in [0.2, 0.25) is 0 Å². The Labute approximate surface area is 139 Å². The number of piperazine rings is 1. The molecule has 1 aliphatic rings. The Morgan fingerprint density at radius 2 is 1.91 bits per heavy atom. The third-order valence-corrected chi connectivity index (χ3v) is 4.28. The lowest BCUT2D eigenvalue weighted by Crippen LogP contribution is -2.48. The standard InChI is InChI=1S/C19H29N3O/c1-16(2)6-4-7-17(3)9-11-21-12-14-22(15-13-21)19(23)18-8-5-10-20-18/h5-6,8-10,20H,4,7,11-15H2,1-3H3/b17-9+. The van der Waals surface area contributed by atoms with E-state index in [0.29, 0.717) is 5.69 Å². The van der Waals surface area contributed by atoms with Crippen molar-refractivity contribution in [3.05, 3.63) is 47.3 Å².